The summed E-state index contributed by atoms with van der Waals surface area (Å²) in [5.41, 5.74) is 1.35. The Hall–Kier alpha value is -1.87. The van der Waals surface area contributed by atoms with E-state index in [9.17, 15) is 9.50 Å². The molecule has 0 radical (unpaired) electrons. The van der Waals surface area contributed by atoms with Crippen molar-refractivity contribution in [3.8, 4) is 5.75 Å². The second-order valence-electron chi connectivity index (χ2n) is 5.59. The Bertz CT molecular complexity index is 581. The Morgan fingerprint density at radius 2 is 1.71 bits per heavy atom. The van der Waals surface area contributed by atoms with Crippen LogP contribution in [0.1, 0.15) is 31.1 Å². The summed E-state index contributed by atoms with van der Waals surface area (Å²) in [4.78, 5) is 0. The molecule has 0 amide bonds. The minimum atomic E-state index is -0.725. The van der Waals surface area contributed by atoms with Crippen LogP contribution in [0.4, 0.5) is 4.39 Å². The highest BCUT2D eigenvalue weighted by Crippen LogP contribution is 2.27. The molecule has 112 valence electrons. The third kappa shape index (κ3) is 3.82. The van der Waals surface area contributed by atoms with E-state index in [-0.39, 0.29) is 11.7 Å². The summed E-state index contributed by atoms with van der Waals surface area (Å²) < 4.78 is 19.2. The van der Waals surface area contributed by atoms with E-state index >= 15 is 0 Å². The number of aliphatic hydroxyl groups excluding tert-OH is 1. The zero-order chi connectivity index (χ0) is 15.4. The Labute approximate surface area is 125 Å². The van der Waals surface area contributed by atoms with Gasteiger partial charge in [0.25, 0.3) is 0 Å². The van der Waals surface area contributed by atoms with E-state index in [2.05, 4.69) is 0 Å². The molecule has 2 rings (SSSR count). The van der Waals surface area contributed by atoms with Crippen molar-refractivity contribution in [1.29, 1.82) is 0 Å². The maximum atomic E-state index is 13.3. The summed E-state index contributed by atoms with van der Waals surface area (Å²) in [6, 6.07) is 14.1. The van der Waals surface area contributed by atoms with Crippen LogP contribution in [-0.2, 0) is 0 Å². The molecule has 2 atom stereocenters. The van der Waals surface area contributed by atoms with Gasteiger partial charge in [0, 0.05) is 0 Å². The van der Waals surface area contributed by atoms with Crippen LogP contribution >= 0.6 is 0 Å². The number of aliphatic hydroxyl groups is 1. The maximum Gasteiger partial charge on any atom is 0.131 e. The molecular formula is C18H21FO2. The topological polar surface area (TPSA) is 29.5 Å². The summed E-state index contributed by atoms with van der Waals surface area (Å²) in [7, 11) is 0. The molecular weight excluding hydrogens is 267 g/mol. The Kier molecular flexibility index (Phi) is 4.97. The molecule has 0 saturated heterocycles. The highest BCUT2D eigenvalue weighted by Gasteiger charge is 2.26. The number of hydrogen-bond acceptors (Lipinski definition) is 2. The van der Waals surface area contributed by atoms with E-state index in [0.29, 0.717) is 11.3 Å². The zero-order valence-corrected chi connectivity index (χ0v) is 12.6. The second-order valence-corrected chi connectivity index (χ2v) is 5.59. The predicted octanol–water partition coefficient (Wildman–Crippen LogP) is 4.27. The highest BCUT2D eigenvalue weighted by atomic mass is 19.1. The van der Waals surface area contributed by atoms with Crippen molar-refractivity contribution < 1.29 is 14.2 Å². The summed E-state index contributed by atoms with van der Waals surface area (Å²) >= 11 is 0. The van der Waals surface area contributed by atoms with Gasteiger partial charge in [0.2, 0.25) is 0 Å². The molecule has 2 nitrogen and oxygen atoms in total. The number of hydrogen-bond donors (Lipinski definition) is 1. The molecule has 0 saturated carbocycles. The first-order valence-electron chi connectivity index (χ1n) is 7.15. The normalized spacial score (nSPS) is 14.0. The minimum Gasteiger partial charge on any atom is -0.487 e. The molecule has 0 aliphatic heterocycles. The van der Waals surface area contributed by atoms with Gasteiger partial charge in [-0.15, -0.1) is 0 Å². The van der Waals surface area contributed by atoms with E-state index in [1.807, 2.05) is 44.2 Å². The number of aryl methyl sites for hydroxylation is 1. The average molecular weight is 288 g/mol. The van der Waals surface area contributed by atoms with Crippen molar-refractivity contribution in [2.75, 3.05) is 0 Å². The fraction of sp³-hybridized carbons (Fsp3) is 0.333. The molecule has 0 bridgehead atoms. The lowest BCUT2D eigenvalue weighted by Crippen LogP contribution is -2.30. The molecule has 3 heteroatoms. The maximum absolute atomic E-state index is 13.3. The quantitative estimate of drug-likeness (QED) is 0.890. The smallest absolute Gasteiger partial charge is 0.131 e. The summed E-state index contributed by atoms with van der Waals surface area (Å²) in [6.45, 7) is 5.68. The number of halogens is 1. The van der Waals surface area contributed by atoms with Crippen LogP contribution in [0.2, 0.25) is 0 Å². The third-order valence-electron chi connectivity index (χ3n) is 3.51. The lowest BCUT2D eigenvalue weighted by atomic mass is 9.96. The number of benzene rings is 2. The fourth-order valence-electron chi connectivity index (χ4n) is 2.25. The van der Waals surface area contributed by atoms with Crippen molar-refractivity contribution in [2.24, 2.45) is 5.92 Å². The van der Waals surface area contributed by atoms with Crippen LogP contribution in [0.15, 0.2) is 48.5 Å². The Balaban J connectivity index is 2.21. The van der Waals surface area contributed by atoms with Gasteiger partial charge in [0.1, 0.15) is 23.8 Å². The summed E-state index contributed by atoms with van der Waals surface area (Å²) in [5.74, 6) is 0.431. The summed E-state index contributed by atoms with van der Waals surface area (Å²) in [6.07, 6.45) is -1.12. The van der Waals surface area contributed by atoms with E-state index in [0.717, 1.165) is 5.56 Å². The van der Waals surface area contributed by atoms with Crippen molar-refractivity contribution in [3.05, 3.63) is 65.5 Å². The van der Waals surface area contributed by atoms with Gasteiger partial charge >= 0.3 is 0 Å². The first kappa shape index (κ1) is 15.5. The van der Waals surface area contributed by atoms with Crippen molar-refractivity contribution in [3.63, 3.8) is 0 Å². The van der Waals surface area contributed by atoms with Gasteiger partial charge in [-0.05, 0) is 42.2 Å². The van der Waals surface area contributed by atoms with Crippen molar-refractivity contribution in [2.45, 2.75) is 33.0 Å². The Morgan fingerprint density at radius 1 is 1.05 bits per heavy atom. The van der Waals surface area contributed by atoms with Gasteiger partial charge < -0.3 is 9.84 Å². The van der Waals surface area contributed by atoms with Crippen LogP contribution < -0.4 is 4.74 Å². The molecule has 21 heavy (non-hydrogen) atoms. The molecule has 2 aromatic rings. The predicted molar refractivity (Wildman–Crippen MR) is 81.8 cm³/mol. The zero-order valence-electron chi connectivity index (χ0n) is 12.6. The monoisotopic (exact) mass is 288 g/mol. The fourth-order valence-corrected chi connectivity index (χ4v) is 2.25. The van der Waals surface area contributed by atoms with E-state index in [4.69, 9.17) is 4.74 Å². The molecule has 0 aliphatic rings. The van der Waals surface area contributed by atoms with Gasteiger partial charge in [-0.1, -0.05) is 44.2 Å². The van der Waals surface area contributed by atoms with E-state index in [1.165, 1.54) is 6.07 Å². The average Bonchev–Trinajstić information content (AvgIpc) is 2.48. The first-order chi connectivity index (χ1) is 9.99. The van der Waals surface area contributed by atoms with Crippen LogP contribution in [0.3, 0.4) is 0 Å². The third-order valence-corrected chi connectivity index (χ3v) is 3.51. The van der Waals surface area contributed by atoms with Gasteiger partial charge in [0.05, 0.1) is 0 Å². The minimum absolute atomic E-state index is 0.116. The lowest BCUT2D eigenvalue weighted by Gasteiger charge is -2.28. The van der Waals surface area contributed by atoms with Crippen LogP contribution in [0.5, 0.6) is 5.75 Å². The van der Waals surface area contributed by atoms with Gasteiger partial charge in [-0.2, -0.15) is 0 Å². The molecule has 2 aromatic carbocycles. The highest BCUT2D eigenvalue weighted by molar-refractivity contribution is 5.29. The summed E-state index contributed by atoms with van der Waals surface area (Å²) in [5, 5.41) is 10.5. The molecule has 0 fully saturated rings. The van der Waals surface area contributed by atoms with Crippen LogP contribution in [0.25, 0.3) is 0 Å². The van der Waals surface area contributed by atoms with E-state index < -0.39 is 12.2 Å². The van der Waals surface area contributed by atoms with Crippen molar-refractivity contribution in [1.82, 2.24) is 0 Å². The number of ether oxygens (including phenoxy) is 1. The van der Waals surface area contributed by atoms with Crippen molar-refractivity contribution >= 4 is 0 Å². The first-order valence-corrected chi connectivity index (χ1v) is 7.15. The standard InChI is InChI=1S/C18H21FO2/c1-12(2)18(17(20)14-7-5-4-6-8-14)21-15-9-10-16(19)13(3)11-15/h4-12,17-18,20H,1-3H3. The second kappa shape index (κ2) is 6.72. The molecule has 0 spiro atoms. The SMILES string of the molecule is Cc1cc(OC(C(C)C)C(O)c2ccccc2)ccc1F. The van der Waals surface area contributed by atoms with E-state index in [1.54, 1.807) is 19.1 Å². The lowest BCUT2D eigenvalue weighted by molar-refractivity contribution is 0.00781. The molecule has 2 unspecified atom stereocenters. The molecule has 0 aliphatic carbocycles. The van der Waals surface area contributed by atoms with Crippen LogP contribution in [0, 0.1) is 18.7 Å². The molecule has 1 N–H and O–H groups in total. The van der Waals surface area contributed by atoms with Crippen LogP contribution in [-0.4, -0.2) is 11.2 Å². The van der Waals surface area contributed by atoms with Gasteiger partial charge in [0.15, 0.2) is 0 Å². The Morgan fingerprint density at radius 3 is 2.29 bits per heavy atom. The molecule has 0 aromatic heterocycles. The largest absolute Gasteiger partial charge is 0.487 e. The number of rotatable bonds is 5. The van der Waals surface area contributed by atoms with Gasteiger partial charge in [-0.25, -0.2) is 4.39 Å². The molecule has 0 heterocycles. The van der Waals surface area contributed by atoms with Gasteiger partial charge in [-0.3, -0.25) is 0 Å².